The Balaban J connectivity index is 1.82. The smallest absolute Gasteiger partial charge is 0.165 e. The van der Waals surface area contributed by atoms with Crippen LogP contribution in [0.3, 0.4) is 0 Å². The summed E-state index contributed by atoms with van der Waals surface area (Å²) in [6.07, 6.45) is 1.74. The maximum atomic E-state index is 6.15. The molecule has 2 aromatic heterocycles. The van der Waals surface area contributed by atoms with Crippen molar-refractivity contribution >= 4 is 27.6 Å². The van der Waals surface area contributed by atoms with Gasteiger partial charge in [-0.15, -0.1) is 0 Å². The Bertz CT molecular complexity index is 1060. The third-order valence-electron chi connectivity index (χ3n) is 4.38. The van der Waals surface area contributed by atoms with Crippen LogP contribution >= 0.6 is 0 Å². The Hall–Kier alpha value is -3.18. The summed E-state index contributed by atoms with van der Waals surface area (Å²) in [6, 6.07) is 19.9. The van der Waals surface area contributed by atoms with E-state index in [-0.39, 0.29) is 0 Å². The van der Waals surface area contributed by atoms with Crippen molar-refractivity contribution in [2.75, 3.05) is 32.5 Å². The van der Waals surface area contributed by atoms with Gasteiger partial charge in [-0.05, 0) is 32.3 Å². The van der Waals surface area contributed by atoms with Crippen LogP contribution in [-0.4, -0.2) is 42.1 Å². The highest BCUT2D eigenvalue weighted by atomic mass is 16.5. The predicted molar refractivity (Wildman–Crippen MR) is 111 cm³/mol. The van der Waals surface area contributed by atoms with E-state index in [9.17, 15) is 0 Å². The summed E-state index contributed by atoms with van der Waals surface area (Å²) in [7, 11) is 4.12. The first-order valence-electron chi connectivity index (χ1n) is 9.01. The van der Waals surface area contributed by atoms with Gasteiger partial charge in [0.2, 0.25) is 0 Å². The summed E-state index contributed by atoms with van der Waals surface area (Å²) < 4.78 is 6.15. The largest absolute Gasteiger partial charge is 0.457 e. The van der Waals surface area contributed by atoms with Gasteiger partial charge in [0.25, 0.3) is 0 Å². The van der Waals surface area contributed by atoms with Crippen LogP contribution in [0.1, 0.15) is 0 Å². The molecule has 5 nitrogen and oxygen atoms in total. The molecule has 0 fully saturated rings. The highest BCUT2D eigenvalue weighted by Crippen LogP contribution is 2.35. The molecule has 27 heavy (non-hydrogen) atoms. The Morgan fingerprint density at radius 2 is 1.67 bits per heavy atom. The number of pyridine rings is 2. The molecular weight excluding hydrogens is 336 g/mol. The third kappa shape index (κ3) is 3.68. The highest BCUT2D eigenvalue weighted by Gasteiger charge is 2.13. The molecule has 2 heterocycles. The number of hydrogen-bond donors (Lipinski definition) is 1. The standard InChI is InChI=1S/C22H22N4O/c1-26(2)15-14-24-21-18-11-7-6-10-17(18)20-19(12-13-23-22(20)25-21)27-16-8-4-3-5-9-16/h3-13H,14-15H2,1-2H3,(H,23,24,25). The van der Waals surface area contributed by atoms with Crippen LogP contribution in [0.15, 0.2) is 66.9 Å². The van der Waals surface area contributed by atoms with E-state index in [1.54, 1.807) is 6.20 Å². The molecule has 0 aliphatic carbocycles. The summed E-state index contributed by atoms with van der Waals surface area (Å²) in [5.41, 5.74) is 0.675. The second-order valence-electron chi connectivity index (χ2n) is 6.66. The lowest BCUT2D eigenvalue weighted by molar-refractivity contribution is 0.425. The number of ether oxygens (including phenoxy) is 1. The van der Waals surface area contributed by atoms with Crippen molar-refractivity contribution in [3.05, 3.63) is 66.9 Å². The van der Waals surface area contributed by atoms with Crippen molar-refractivity contribution in [3.8, 4) is 11.5 Å². The first-order valence-corrected chi connectivity index (χ1v) is 9.01. The molecule has 0 unspecified atom stereocenters. The molecule has 0 saturated heterocycles. The van der Waals surface area contributed by atoms with Crippen molar-refractivity contribution in [1.82, 2.24) is 14.9 Å². The van der Waals surface area contributed by atoms with Gasteiger partial charge in [-0.2, -0.15) is 0 Å². The van der Waals surface area contributed by atoms with Gasteiger partial charge >= 0.3 is 0 Å². The van der Waals surface area contributed by atoms with Crippen LogP contribution in [0.25, 0.3) is 21.8 Å². The minimum absolute atomic E-state index is 0.675. The quantitative estimate of drug-likeness (QED) is 0.513. The van der Waals surface area contributed by atoms with Crippen molar-refractivity contribution in [2.24, 2.45) is 0 Å². The second-order valence-corrected chi connectivity index (χ2v) is 6.66. The van der Waals surface area contributed by atoms with Gasteiger partial charge in [-0.3, -0.25) is 0 Å². The van der Waals surface area contributed by atoms with Crippen molar-refractivity contribution in [2.45, 2.75) is 0 Å². The maximum Gasteiger partial charge on any atom is 0.165 e. The van der Waals surface area contributed by atoms with Gasteiger partial charge in [0.15, 0.2) is 5.65 Å². The predicted octanol–water partition coefficient (Wildman–Crippen LogP) is 4.55. The molecule has 0 aliphatic rings. The fourth-order valence-corrected chi connectivity index (χ4v) is 3.08. The summed E-state index contributed by atoms with van der Waals surface area (Å²) >= 11 is 0. The molecule has 0 atom stereocenters. The summed E-state index contributed by atoms with van der Waals surface area (Å²) in [4.78, 5) is 11.4. The molecule has 0 radical (unpaired) electrons. The van der Waals surface area contributed by atoms with E-state index >= 15 is 0 Å². The SMILES string of the molecule is CN(C)CCNc1nc2nccc(Oc3ccccc3)c2c2ccccc12. The lowest BCUT2D eigenvalue weighted by Crippen LogP contribution is -2.21. The second kappa shape index (κ2) is 7.60. The molecule has 5 heteroatoms. The monoisotopic (exact) mass is 358 g/mol. The number of anilines is 1. The highest BCUT2D eigenvalue weighted by molar-refractivity contribution is 6.11. The van der Waals surface area contributed by atoms with Crippen LogP contribution < -0.4 is 10.1 Å². The van der Waals surface area contributed by atoms with Crippen molar-refractivity contribution in [3.63, 3.8) is 0 Å². The Kier molecular flexibility index (Phi) is 4.85. The number of hydrogen-bond acceptors (Lipinski definition) is 5. The average molecular weight is 358 g/mol. The number of aromatic nitrogens is 2. The van der Waals surface area contributed by atoms with Crippen LogP contribution in [0, 0.1) is 0 Å². The van der Waals surface area contributed by atoms with Gasteiger partial charge in [0.1, 0.15) is 17.3 Å². The first-order chi connectivity index (χ1) is 13.2. The Labute approximate surface area is 158 Å². The lowest BCUT2D eigenvalue weighted by Gasteiger charge is -2.15. The Morgan fingerprint density at radius 3 is 2.44 bits per heavy atom. The molecule has 0 amide bonds. The van der Waals surface area contributed by atoms with E-state index < -0.39 is 0 Å². The fourth-order valence-electron chi connectivity index (χ4n) is 3.08. The van der Waals surface area contributed by atoms with Crippen LogP contribution in [-0.2, 0) is 0 Å². The van der Waals surface area contributed by atoms with E-state index in [4.69, 9.17) is 9.72 Å². The van der Waals surface area contributed by atoms with Gasteiger partial charge < -0.3 is 15.0 Å². The molecule has 0 spiro atoms. The van der Waals surface area contributed by atoms with Crippen molar-refractivity contribution in [1.29, 1.82) is 0 Å². The molecule has 0 bridgehead atoms. The summed E-state index contributed by atoms with van der Waals surface area (Å²) in [5, 5.41) is 6.51. The molecule has 4 aromatic rings. The van der Waals surface area contributed by atoms with Crippen LogP contribution in [0.2, 0.25) is 0 Å². The molecule has 4 rings (SSSR count). The number of rotatable bonds is 6. The van der Waals surface area contributed by atoms with E-state index in [0.29, 0.717) is 5.65 Å². The van der Waals surface area contributed by atoms with Crippen LogP contribution in [0.4, 0.5) is 5.82 Å². The minimum Gasteiger partial charge on any atom is -0.457 e. The van der Waals surface area contributed by atoms with Gasteiger partial charge in [-0.25, -0.2) is 9.97 Å². The third-order valence-corrected chi connectivity index (χ3v) is 4.38. The number of fused-ring (bicyclic) bond motifs is 3. The van der Waals surface area contributed by atoms with E-state index in [2.05, 4.69) is 41.4 Å². The number of para-hydroxylation sites is 1. The zero-order valence-corrected chi connectivity index (χ0v) is 15.5. The normalized spacial score (nSPS) is 11.2. The van der Waals surface area contributed by atoms with Crippen molar-refractivity contribution < 1.29 is 4.74 Å². The zero-order valence-electron chi connectivity index (χ0n) is 15.5. The number of likely N-dealkylation sites (N-methyl/N-ethyl adjacent to an activating group) is 1. The summed E-state index contributed by atoms with van der Waals surface area (Å²) in [5.74, 6) is 2.40. The topological polar surface area (TPSA) is 50.3 Å². The summed E-state index contributed by atoms with van der Waals surface area (Å²) in [6.45, 7) is 1.74. The minimum atomic E-state index is 0.675. The number of benzene rings is 2. The van der Waals surface area contributed by atoms with Crippen LogP contribution in [0.5, 0.6) is 11.5 Å². The first kappa shape index (κ1) is 17.2. The Morgan fingerprint density at radius 1 is 0.926 bits per heavy atom. The molecule has 0 aliphatic heterocycles. The lowest BCUT2D eigenvalue weighted by atomic mass is 10.1. The van der Waals surface area contributed by atoms with E-state index in [0.717, 1.165) is 46.6 Å². The molecule has 1 N–H and O–H groups in total. The maximum absolute atomic E-state index is 6.15. The average Bonchev–Trinajstić information content (AvgIpc) is 2.68. The van der Waals surface area contributed by atoms with E-state index in [1.807, 2.05) is 48.5 Å². The molecule has 0 saturated carbocycles. The van der Waals surface area contributed by atoms with E-state index in [1.165, 1.54) is 0 Å². The molecule has 136 valence electrons. The molecule has 2 aromatic carbocycles. The molecular formula is C22H22N4O. The number of nitrogens with one attached hydrogen (secondary N) is 1. The van der Waals surface area contributed by atoms with Gasteiger partial charge in [0.05, 0.1) is 5.39 Å². The fraction of sp³-hybridized carbons (Fsp3) is 0.182. The number of nitrogens with zero attached hydrogens (tertiary/aromatic N) is 3. The zero-order chi connectivity index (χ0) is 18.6. The van der Waals surface area contributed by atoms with Gasteiger partial charge in [0, 0.05) is 30.1 Å². The van der Waals surface area contributed by atoms with Gasteiger partial charge in [-0.1, -0.05) is 42.5 Å².